The Balaban J connectivity index is 0. The molecular weight excluding hydrogens is 279 g/mol. The van der Waals surface area contributed by atoms with E-state index in [0.717, 1.165) is 18.9 Å². The van der Waals surface area contributed by atoms with E-state index in [-0.39, 0.29) is 0 Å². The van der Waals surface area contributed by atoms with Gasteiger partial charge >= 0.3 is 42.1 Å². The molecule has 0 heterocycles. The van der Waals surface area contributed by atoms with Gasteiger partial charge in [-0.2, -0.15) is 0 Å². The monoisotopic (exact) mass is 280 g/mol. The summed E-state index contributed by atoms with van der Waals surface area (Å²) in [6.07, 6.45) is 0. The van der Waals surface area contributed by atoms with Crippen molar-refractivity contribution < 1.29 is 42.1 Å². The number of hydrogen-bond donors (Lipinski definition) is 0. The molecule has 0 saturated carbocycles. The SMILES string of the molecule is [O]=[Ir].[O]=[Mn]. The molecule has 0 spiro atoms. The molecule has 0 amide bonds. The molecule has 0 aliphatic heterocycles. The summed E-state index contributed by atoms with van der Waals surface area (Å²) in [7, 11) is 0. The van der Waals surface area contributed by atoms with E-state index in [2.05, 4.69) is 0 Å². The van der Waals surface area contributed by atoms with Crippen LogP contribution in [0.4, 0.5) is 0 Å². The first-order valence-electron chi connectivity index (χ1n) is 0.290. The van der Waals surface area contributed by atoms with E-state index >= 15 is 0 Å². The van der Waals surface area contributed by atoms with Crippen molar-refractivity contribution >= 4 is 0 Å². The van der Waals surface area contributed by atoms with Gasteiger partial charge in [-0.25, -0.2) is 0 Å². The summed E-state index contributed by atoms with van der Waals surface area (Å²) in [5.41, 5.74) is 0. The van der Waals surface area contributed by atoms with Crippen LogP contribution in [0.25, 0.3) is 0 Å². The van der Waals surface area contributed by atoms with Crippen LogP contribution in [0.3, 0.4) is 0 Å². The molecule has 0 saturated heterocycles. The molecule has 0 unspecified atom stereocenters. The van der Waals surface area contributed by atoms with E-state index in [0.29, 0.717) is 0 Å². The van der Waals surface area contributed by atoms with Crippen LogP contribution in [0.2, 0.25) is 0 Å². The second-order valence-corrected chi connectivity index (χ2v) is 0. The topological polar surface area (TPSA) is 34.1 Å². The minimum absolute atomic E-state index is 0.750. The van der Waals surface area contributed by atoms with E-state index in [9.17, 15) is 0 Å². The van der Waals surface area contributed by atoms with Crippen LogP contribution < -0.4 is 0 Å². The van der Waals surface area contributed by atoms with Crippen molar-refractivity contribution in [3.05, 3.63) is 0 Å². The van der Waals surface area contributed by atoms with Crippen molar-refractivity contribution in [2.75, 3.05) is 0 Å². The third-order valence-corrected chi connectivity index (χ3v) is 0. The van der Waals surface area contributed by atoms with Gasteiger partial charge in [-0.1, -0.05) is 0 Å². The average Bonchev–Trinajstić information content (AvgIpc) is 1.50. The van der Waals surface area contributed by atoms with E-state index in [1.165, 1.54) is 0 Å². The van der Waals surface area contributed by atoms with Crippen LogP contribution in [0, 0.1) is 0 Å². The predicted molar refractivity (Wildman–Crippen MR) is 1.37 cm³/mol. The molecule has 0 aliphatic rings. The summed E-state index contributed by atoms with van der Waals surface area (Å²) in [6.45, 7) is 0. The summed E-state index contributed by atoms with van der Waals surface area (Å²) in [5.74, 6) is 0. The minimum atomic E-state index is 0.750. The van der Waals surface area contributed by atoms with Crippen molar-refractivity contribution in [3.63, 3.8) is 0 Å². The number of hydrogen-bond acceptors (Lipinski definition) is 2. The molecular formula is IrMnO2. The van der Waals surface area contributed by atoms with Crippen LogP contribution in [0.1, 0.15) is 0 Å². The van der Waals surface area contributed by atoms with Gasteiger partial charge in [-0.3, -0.25) is 0 Å². The van der Waals surface area contributed by atoms with Gasteiger partial charge in [-0.05, 0) is 0 Å². The van der Waals surface area contributed by atoms with E-state index in [1.54, 1.807) is 15.9 Å². The second kappa shape index (κ2) is 48.9. The fourth-order valence-corrected chi connectivity index (χ4v) is 0. The fraction of sp³-hybridized carbons (Fsp3) is 0. The van der Waals surface area contributed by atoms with Crippen LogP contribution in [0.5, 0.6) is 0 Å². The first kappa shape index (κ1) is 8.84. The summed E-state index contributed by atoms with van der Waals surface area (Å²) in [5, 5.41) is 0. The maximum atomic E-state index is 8.25. The first-order chi connectivity index (χ1) is 2.00. The Labute approximate surface area is 42.4 Å². The molecule has 0 bridgehead atoms. The quantitative estimate of drug-likeness (QED) is 0.573. The van der Waals surface area contributed by atoms with Crippen LogP contribution >= 0.6 is 0 Å². The average molecular weight is 279 g/mol. The van der Waals surface area contributed by atoms with Gasteiger partial charge in [0, 0.05) is 0 Å². The molecule has 0 atom stereocenters. The number of rotatable bonds is 0. The predicted octanol–water partition coefficient (Wildman–Crippen LogP) is -0.243. The molecule has 0 rings (SSSR count). The summed E-state index contributed by atoms with van der Waals surface area (Å²) in [4.78, 5) is 0. The zero-order valence-corrected chi connectivity index (χ0v) is 5.10. The van der Waals surface area contributed by atoms with Crippen LogP contribution in [-0.2, 0) is 42.1 Å². The Bertz CT molecular complexity index is 8.00. The Kier molecular flexibility index (Phi) is 108. The molecule has 0 aromatic heterocycles. The van der Waals surface area contributed by atoms with E-state index < -0.39 is 0 Å². The zero-order chi connectivity index (χ0) is 4.00. The molecule has 2 nitrogen and oxygen atoms in total. The molecule has 0 aromatic carbocycles. The van der Waals surface area contributed by atoms with Gasteiger partial charge in [0.15, 0.2) is 0 Å². The van der Waals surface area contributed by atoms with Crippen LogP contribution in [0.15, 0.2) is 0 Å². The van der Waals surface area contributed by atoms with E-state index in [1.807, 2.05) is 0 Å². The summed E-state index contributed by atoms with van der Waals surface area (Å²) >= 11 is 2.44. The molecule has 0 fully saturated rings. The van der Waals surface area contributed by atoms with Crippen molar-refractivity contribution in [1.82, 2.24) is 0 Å². The fourth-order valence-electron chi connectivity index (χ4n) is 0. The van der Waals surface area contributed by atoms with Crippen molar-refractivity contribution in [2.24, 2.45) is 0 Å². The third-order valence-electron chi connectivity index (χ3n) is 0. The molecule has 0 radical (unpaired) electrons. The maximum absolute atomic E-state index is 8.25. The molecule has 4 heteroatoms. The Morgan fingerprint density at radius 3 is 1.25 bits per heavy atom. The molecule has 0 N–H and O–H groups in total. The summed E-state index contributed by atoms with van der Waals surface area (Å²) in [6, 6.07) is 0. The Hall–Kier alpha value is 0.769. The van der Waals surface area contributed by atoms with Crippen LogP contribution in [-0.4, -0.2) is 0 Å². The molecule has 4 heavy (non-hydrogen) atoms. The van der Waals surface area contributed by atoms with Crippen molar-refractivity contribution in [2.45, 2.75) is 0 Å². The standard InChI is InChI=1S/Ir.Mn.2O. The Morgan fingerprint density at radius 2 is 1.25 bits per heavy atom. The summed E-state index contributed by atoms with van der Waals surface area (Å²) < 4.78 is 16.3. The van der Waals surface area contributed by atoms with E-state index in [4.69, 9.17) is 7.34 Å². The Morgan fingerprint density at radius 1 is 1.25 bits per heavy atom. The van der Waals surface area contributed by atoms with Gasteiger partial charge < -0.3 is 0 Å². The van der Waals surface area contributed by atoms with Gasteiger partial charge in [0.2, 0.25) is 0 Å². The second-order valence-electron chi connectivity index (χ2n) is 0. The normalized spacial score (nSPS) is 2.25. The van der Waals surface area contributed by atoms with Gasteiger partial charge in [0.25, 0.3) is 0 Å². The van der Waals surface area contributed by atoms with Gasteiger partial charge in [0.1, 0.15) is 0 Å². The van der Waals surface area contributed by atoms with Gasteiger partial charge in [-0.15, -0.1) is 0 Å². The van der Waals surface area contributed by atoms with Crippen molar-refractivity contribution in [1.29, 1.82) is 0 Å². The third kappa shape index (κ3) is 14.7. The van der Waals surface area contributed by atoms with Gasteiger partial charge in [0.05, 0.1) is 0 Å². The zero-order valence-electron chi connectivity index (χ0n) is 1.53. The molecule has 0 aromatic rings. The first-order valence-corrected chi connectivity index (χ1v) is 1.75. The molecule has 0 aliphatic carbocycles. The van der Waals surface area contributed by atoms with Crippen molar-refractivity contribution in [3.8, 4) is 0 Å². The molecule has 28 valence electrons.